The standard InChI is InChI=1S/C25H28N6O5S/c1-35-22-13-21-19(12-20(22)25(32)28-24-14-26-23-4-3-10-27-31(23)24)16-30(29-21)15-18-7-5-17(6-8-18)9-11-36-37(2,33)34/h3-4,10,12-18H,5-9,11H2,1-2H3/p+1/b30-15-. The van der Waals surface area contributed by atoms with Gasteiger partial charge in [0.25, 0.3) is 16.0 Å². The van der Waals surface area contributed by atoms with Gasteiger partial charge in [0.1, 0.15) is 11.1 Å². The van der Waals surface area contributed by atoms with Gasteiger partial charge in [0, 0.05) is 23.3 Å². The third-order valence-electron chi connectivity index (χ3n) is 6.69. The number of carbonyl (C=O) groups is 1. The van der Waals surface area contributed by atoms with Crippen molar-refractivity contribution in [2.24, 2.45) is 16.9 Å². The van der Waals surface area contributed by atoms with Gasteiger partial charge in [-0.15, -0.1) is 0 Å². The lowest BCUT2D eigenvalue weighted by molar-refractivity contribution is -0.424. The number of benzene rings is 1. The molecule has 1 N–H and O–H groups in total. The zero-order valence-electron chi connectivity index (χ0n) is 20.7. The molecule has 1 fully saturated rings. The monoisotopic (exact) mass is 525 g/mol. The molecule has 0 unspecified atom stereocenters. The van der Waals surface area contributed by atoms with Gasteiger partial charge >= 0.3 is 0 Å². The highest BCUT2D eigenvalue weighted by Gasteiger charge is 2.25. The third-order valence-corrected chi connectivity index (χ3v) is 7.28. The summed E-state index contributed by atoms with van der Waals surface area (Å²) in [6.07, 6.45) is 13.1. The molecule has 1 aromatic carbocycles. The zero-order valence-corrected chi connectivity index (χ0v) is 21.5. The van der Waals surface area contributed by atoms with E-state index < -0.39 is 10.1 Å². The van der Waals surface area contributed by atoms with Gasteiger partial charge < -0.3 is 10.1 Å². The summed E-state index contributed by atoms with van der Waals surface area (Å²) in [6.45, 7) is 0.244. The average Bonchev–Trinajstić information content (AvgIpc) is 3.46. The Morgan fingerprint density at radius 2 is 2.08 bits per heavy atom. The van der Waals surface area contributed by atoms with E-state index in [1.165, 1.54) is 7.11 Å². The van der Waals surface area contributed by atoms with Crippen LogP contribution in [-0.2, 0) is 14.3 Å². The van der Waals surface area contributed by atoms with Crippen molar-refractivity contribution in [1.29, 1.82) is 0 Å². The number of nitrogens with one attached hydrogen (secondary N) is 1. The molecule has 11 nitrogen and oxygen atoms in total. The molecule has 0 saturated heterocycles. The molecule has 12 heteroatoms. The minimum Gasteiger partial charge on any atom is -0.496 e. The van der Waals surface area contributed by atoms with Crippen molar-refractivity contribution in [3.8, 4) is 5.75 Å². The number of ether oxygens (including phenoxy) is 1. The van der Waals surface area contributed by atoms with E-state index in [0.717, 1.165) is 48.9 Å². The number of imidazole rings is 1. The Labute approximate surface area is 214 Å². The second-order valence-corrected chi connectivity index (χ2v) is 11.0. The van der Waals surface area contributed by atoms with Gasteiger partial charge in [-0.1, -0.05) is 4.68 Å². The molecule has 1 aliphatic carbocycles. The van der Waals surface area contributed by atoms with Crippen molar-refractivity contribution in [3.63, 3.8) is 0 Å². The first-order valence-electron chi connectivity index (χ1n) is 12.2. The van der Waals surface area contributed by atoms with Crippen LogP contribution >= 0.6 is 0 Å². The van der Waals surface area contributed by atoms with Crippen molar-refractivity contribution >= 4 is 39.9 Å². The quantitative estimate of drug-likeness (QED) is 0.349. The minimum atomic E-state index is -3.38. The zero-order chi connectivity index (χ0) is 26.0. The summed E-state index contributed by atoms with van der Waals surface area (Å²) < 4.78 is 36.1. The smallest absolute Gasteiger partial charge is 0.264 e. The van der Waals surface area contributed by atoms with Crippen LogP contribution in [0.25, 0.3) is 11.8 Å². The van der Waals surface area contributed by atoms with E-state index in [0.29, 0.717) is 34.6 Å². The molecule has 3 aromatic rings. The highest BCUT2D eigenvalue weighted by atomic mass is 32.2. The van der Waals surface area contributed by atoms with E-state index in [-0.39, 0.29) is 12.5 Å². The Morgan fingerprint density at radius 1 is 1.27 bits per heavy atom. The second kappa shape index (κ2) is 10.4. The predicted molar refractivity (Wildman–Crippen MR) is 136 cm³/mol. The number of hydrogen-bond acceptors (Lipinski definition) is 8. The van der Waals surface area contributed by atoms with Crippen LogP contribution in [0.5, 0.6) is 5.75 Å². The number of nitrogens with zero attached hydrogens (tertiary/aromatic N) is 5. The lowest BCUT2D eigenvalue weighted by Crippen LogP contribution is -2.25. The summed E-state index contributed by atoms with van der Waals surface area (Å²) in [4.78, 5) is 17.4. The van der Waals surface area contributed by atoms with Crippen molar-refractivity contribution in [1.82, 2.24) is 14.6 Å². The number of rotatable bonds is 8. The highest BCUT2D eigenvalue weighted by molar-refractivity contribution is 7.85. The van der Waals surface area contributed by atoms with Crippen molar-refractivity contribution < 1.29 is 26.8 Å². The number of aromatic nitrogens is 3. The molecule has 1 amide bonds. The molecule has 2 aliphatic rings. The Kier molecular flexibility index (Phi) is 7.02. The molecular formula is C25H29N6O5S+. The fraction of sp³-hybridized carbons (Fsp3) is 0.400. The summed E-state index contributed by atoms with van der Waals surface area (Å²) in [7, 11) is -1.86. The Hall–Kier alpha value is -3.64. The molecule has 37 heavy (non-hydrogen) atoms. The molecule has 0 spiro atoms. The molecule has 194 valence electrons. The number of methoxy groups -OCH3 is 1. The minimum absolute atomic E-state index is 0.244. The molecular weight excluding hydrogens is 496 g/mol. The van der Waals surface area contributed by atoms with Gasteiger partial charge in [0.05, 0.1) is 37.0 Å². The van der Waals surface area contributed by atoms with Crippen molar-refractivity contribution in [2.75, 3.05) is 25.3 Å². The van der Waals surface area contributed by atoms with Crippen LogP contribution in [0.15, 0.2) is 41.8 Å². The van der Waals surface area contributed by atoms with Gasteiger partial charge in [-0.25, -0.2) is 4.98 Å². The fourth-order valence-electron chi connectivity index (χ4n) is 4.80. The van der Waals surface area contributed by atoms with E-state index in [2.05, 4.69) is 26.7 Å². The molecule has 0 bridgehead atoms. The van der Waals surface area contributed by atoms with E-state index in [4.69, 9.17) is 8.92 Å². The molecule has 5 rings (SSSR count). The fourth-order valence-corrected chi connectivity index (χ4v) is 5.20. The van der Waals surface area contributed by atoms with Crippen LogP contribution in [0.3, 0.4) is 0 Å². The maximum atomic E-state index is 13.1. The van der Waals surface area contributed by atoms with Crippen molar-refractivity contribution in [3.05, 3.63) is 52.8 Å². The Morgan fingerprint density at radius 3 is 2.84 bits per heavy atom. The number of anilines is 1. The average molecular weight is 526 g/mol. The van der Waals surface area contributed by atoms with Gasteiger partial charge in [-0.2, -0.15) is 18.0 Å². The third kappa shape index (κ3) is 5.86. The summed E-state index contributed by atoms with van der Waals surface area (Å²) in [5, 5.41) is 13.3. The maximum Gasteiger partial charge on any atom is 0.264 e. The topological polar surface area (TPSA) is 127 Å². The first kappa shape index (κ1) is 25.0. The Bertz CT molecular complexity index is 1590. The molecule has 3 heterocycles. The van der Waals surface area contributed by atoms with E-state index >= 15 is 0 Å². The molecule has 1 saturated carbocycles. The first-order valence-corrected chi connectivity index (χ1v) is 14.0. The first-order chi connectivity index (χ1) is 17.8. The van der Waals surface area contributed by atoms with E-state index in [1.807, 2.05) is 10.9 Å². The molecule has 0 radical (unpaired) electrons. The number of amides is 1. The summed E-state index contributed by atoms with van der Waals surface area (Å²) >= 11 is 0. The summed E-state index contributed by atoms with van der Waals surface area (Å²) in [5.41, 5.74) is 1.02. The van der Waals surface area contributed by atoms with Gasteiger partial charge in [-0.3, -0.25) is 8.98 Å². The van der Waals surface area contributed by atoms with E-state index in [1.54, 1.807) is 41.2 Å². The number of hydrogen-bond donors (Lipinski definition) is 1. The number of fused-ring (bicyclic) bond motifs is 2. The van der Waals surface area contributed by atoms with Gasteiger partial charge in [0.2, 0.25) is 6.20 Å². The maximum absolute atomic E-state index is 13.1. The van der Waals surface area contributed by atoms with Crippen molar-refractivity contribution in [2.45, 2.75) is 32.1 Å². The van der Waals surface area contributed by atoms with Crippen LogP contribution in [0.1, 0.15) is 42.5 Å². The van der Waals surface area contributed by atoms with Crippen LogP contribution in [0.2, 0.25) is 0 Å². The van der Waals surface area contributed by atoms with E-state index in [9.17, 15) is 13.2 Å². The predicted octanol–water partition coefficient (Wildman–Crippen LogP) is 1.53. The van der Waals surface area contributed by atoms with Crippen LogP contribution in [0.4, 0.5) is 5.82 Å². The molecule has 1 aliphatic heterocycles. The summed E-state index contributed by atoms with van der Waals surface area (Å²) in [5.74, 6) is 1.39. The van der Waals surface area contributed by atoms with Crippen LogP contribution in [0, 0.1) is 11.8 Å². The lowest BCUT2D eigenvalue weighted by Gasteiger charge is -2.24. The van der Waals surface area contributed by atoms with Gasteiger partial charge in [0.15, 0.2) is 17.7 Å². The Balaban J connectivity index is 1.28. The highest BCUT2D eigenvalue weighted by Crippen LogP contribution is 2.30. The van der Waals surface area contributed by atoms with Gasteiger partial charge in [-0.05, 0) is 56.2 Å². The SMILES string of the molecule is COc1cc2c(cc1C(=O)Nc1cnc3cccnn13)=C/[N+](=C/C1CCC(CCOS(C)(=O)=O)CC1)N=2. The molecule has 0 atom stereocenters. The van der Waals surface area contributed by atoms with Crippen LogP contribution < -0.4 is 20.6 Å². The summed E-state index contributed by atoms with van der Waals surface area (Å²) in [6, 6.07) is 7.12. The largest absolute Gasteiger partial charge is 0.496 e. The number of carbonyl (C=O) groups excluding carboxylic acids is 1. The van der Waals surface area contributed by atoms with Crippen LogP contribution in [-0.4, -0.2) is 59.8 Å². The normalized spacial score (nSPS) is 20.3. The molecule has 2 aromatic heterocycles. The lowest BCUT2D eigenvalue weighted by atomic mass is 9.81. The second-order valence-electron chi connectivity index (χ2n) is 9.36.